The maximum absolute atomic E-state index is 6.28. The number of fused-ring (bicyclic) bond motifs is 7. The van der Waals surface area contributed by atoms with Crippen molar-refractivity contribution in [3.63, 3.8) is 0 Å². The molecule has 0 fully saturated rings. The number of para-hydroxylation sites is 1. The normalized spacial score (nSPS) is 13.0. The van der Waals surface area contributed by atoms with Crippen LogP contribution in [0.5, 0.6) is 0 Å². The highest BCUT2D eigenvalue weighted by molar-refractivity contribution is 7.00. The van der Waals surface area contributed by atoms with Gasteiger partial charge in [0, 0.05) is 44.8 Å². The standard InChI is InChI=1S/C50H43BN2O/c1-5-32-16-22-37(23-17-32)52-44-25-19-34(7-3)29-41(44)51-42-30-35(8-4)20-26-45(42)53(47-14-11-13-46(52)50(47)51)43-24-18-33(6-2)28-39(43)36-21-27-49-40(31-36)38-12-9-10-15-48(38)54-49/h9-31H,5-8H2,1-4H3. The fraction of sp³-hybridized carbons (Fsp3) is 0.160. The molecule has 0 bridgehead atoms. The van der Waals surface area contributed by atoms with Gasteiger partial charge in [0.25, 0.3) is 6.71 Å². The first-order valence-corrected chi connectivity index (χ1v) is 19.7. The summed E-state index contributed by atoms with van der Waals surface area (Å²) < 4.78 is 6.28. The van der Waals surface area contributed by atoms with Crippen molar-refractivity contribution in [2.75, 3.05) is 9.80 Å². The molecule has 0 spiro atoms. The smallest absolute Gasteiger partial charge is 0.252 e. The Hall–Kier alpha value is -6.00. The summed E-state index contributed by atoms with van der Waals surface area (Å²) >= 11 is 0. The minimum Gasteiger partial charge on any atom is -0.456 e. The zero-order chi connectivity index (χ0) is 36.5. The molecule has 0 amide bonds. The Morgan fingerprint density at radius 3 is 1.70 bits per heavy atom. The summed E-state index contributed by atoms with van der Waals surface area (Å²) in [6.45, 7) is 9.11. The second-order valence-corrected chi connectivity index (χ2v) is 14.8. The summed E-state index contributed by atoms with van der Waals surface area (Å²) in [5, 5.41) is 2.29. The van der Waals surface area contributed by atoms with Gasteiger partial charge in [-0.05, 0) is 137 Å². The number of furan rings is 1. The van der Waals surface area contributed by atoms with Crippen LogP contribution in [-0.4, -0.2) is 6.71 Å². The maximum atomic E-state index is 6.28. The molecule has 3 heterocycles. The predicted octanol–water partition coefficient (Wildman–Crippen LogP) is 11.6. The highest BCUT2D eigenvalue weighted by Crippen LogP contribution is 2.47. The Balaban J connectivity index is 1.26. The average molecular weight is 699 g/mol. The van der Waals surface area contributed by atoms with Crippen molar-refractivity contribution in [3.8, 4) is 11.1 Å². The molecular weight excluding hydrogens is 655 g/mol. The topological polar surface area (TPSA) is 19.6 Å². The van der Waals surface area contributed by atoms with Crippen LogP contribution >= 0.6 is 0 Å². The molecule has 7 aromatic carbocycles. The number of rotatable bonds is 7. The minimum atomic E-state index is 0.105. The molecule has 0 radical (unpaired) electrons. The molecule has 0 N–H and O–H groups in total. The van der Waals surface area contributed by atoms with E-state index in [0.29, 0.717) is 0 Å². The molecule has 3 nitrogen and oxygen atoms in total. The van der Waals surface area contributed by atoms with E-state index in [0.717, 1.165) is 47.6 Å². The average Bonchev–Trinajstić information content (AvgIpc) is 3.61. The van der Waals surface area contributed by atoms with Gasteiger partial charge in [0.15, 0.2) is 0 Å². The minimum absolute atomic E-state index is 0.105. The van der Waals surface area contributed by atoms with Crippen molar-refractivity contribution in [3.05, 3.63) is 162 Å². The molecule has 0 aliphatic carbocycles. The Bertz CT molecular complexity index is 2740. The van der Waals surface area contributed by atoms with E-state index in [4.69, 9.17) is 4.42 Å². The van der Waals surface area contributed by atoms with Crippen LogP contribution in [0.2, 0.25) is 0 Å². The lowest BCUT2D eigenvalue weighted by Crippen LogP contribution is -2.61. The van der Waals surface area contributed by atoms with Crippen molar-refractivity contribution < 1.29 is 4.42 Å². The lowest BCUT2D eigenvalue weighted by molar-refractivity contribution is 0.669. The molecular formula is C50H43BN2O. The fourth-order valence-corrected chi connectivity index (χ4v) is 9.02. The number of aryl methyl sites for hydroxylation is 4. The summed E-state index contributed by atoms with van der Waals surface area (Å²) in [4.78, 5) is 5.07. The van der Waals surface area contributed by atoms with E-state index < -0.39 is 0 Å². The summed E-state index contributed by atoms with van der Waals surface area (Å²) in [6, 6.07) is 52.7. The van der Waals surface area contributed by atoms with Crippen molar-refractivity contribution in [1.29, 1.82) is 0 Å². The number of hydrogen-bond acceptors (Lipinski definition) is 3. The van der Waals surface area contributed by atoms with Gasteiger partial charge in [-0.15, -0.1) is 0 Å². The molecule has 262 valence electrons. The van der Waals surface area contributed by atoms with Gasteiger partial charge in [0.2, 0.25) is 0 Å². The van der Waals surface area contributed by atoms with Crippen LogP contribution < -0.4 is 26.2 Å². The quantitative estimate of drug-likeness (QED) is 0.155. The van der Waals surface area contributed by atoms with Crippen LogP contribution in [0.25, 0.3) is 33.1 Å². The van der Waals surface area contributed by atoms with Crippen LogP contribution in [-0.2, 0) is 25.7 Å². The van der Waals surface area contributed by atoms with Crippen molar-refractivity contribution in [2.24, 2.45) is 0 Å². The van der Waals surface area contributed by atoms with Gasteiger partial charge < -0.3 is 14.2 Å². The molecule has 2 aliphatic rings. The molecule has 54 heavy (non-hydrogen) atoms. The second-order valence-electron chi connectivity index (χ2n) is 14.8. The third-order valence-electron chi connectivity index (χ3n) is 11.9. The van der Waals surface area contributed by atoms with E-state index in [1.54, 1.807) is 0 Å². The SMILES string of the molecule is CCc1ccc(N2c3ccc(CC)cc3B3c4cc(CC)ccc4N(c4ccc(CC)cc4-c4ccc5oc6ccccc6c5c4)c4cccc2c43)cc1. The van der Waals surface area contributed by atoms with Crippen molar-refractivity contribution in [1.82, 2.24) is 0 Å². The molecule has 0 unspecified atom stereocenters. The highest BCUT2D eigenvalue weighted by atomic mass is 16.3. The zero-order valence-corrected chi connectivity index (χ0v) is 31.5. The van der Waals surface area contributed by atoms with Crippen molar-refractivity contribution >= 4 is 79.2 Å². The molecule has 0 saturated carbocycles. The Morgan fingerprint density at radius 2 is 1.02 bits per heavy atom. The lowest BCUT2D eigenvalue weighted by atomic mass is 9.33. The van der Waals surface area contributed by atoms with Gasteiger partial charge >= 0.3 is 0 Å². The fourth-order valence-electron chi connectivity index (χ4n) is 9.02. The van der Waals surface area contributed by atoms with Crippen molar-refractivity contribution in [2.45, 2.75) is 53.4 Å². The Labute approximate surface area is 318 Å². The maximum Gasteiger partial charge on any atom is 0.252 e. The molecule has 2 aliphatic heterocycles. The number of anilines is 6. The number of nitrogens with zero attached hydrogens (tertiary/aromatic N) is 2. The summed E-state index contributed by atoms with van der Waals surface area (Å²) in [6.07, 6.45) is 3.97. The first-order valence-electron chi connectivity index (χ1n) is 19.7. The van der Waals surface area contributed by atoms with Gasteiger partial charge in [-0.25, -0.2) is 0 Å². The van der Waals surface area contributed by atoms with Gasteiger partial charge in [-0.1, -0.05) is 100 Å². The van der Waals surface area contributed by atoms with Gasteiger partial charge in [0.1, 0.15) is 11.2 Å². The van der Waals surface area contributed by atoms with Crippen LogP contribution in [0, 0.1) is 0 Å². The van der Waals surface area contributed by atoms with Gasteiger partial charge in [-0.3, -0.25) is 0 Å². The summed E-state index contributed by atoms with van der Waals surface area (Å²) in [5.74, 6) is 0. The van der Waals surface area contributed by atoms with Crippen LogP contribution in [0.3, 0.4) is 0 Å². The van der Waals surface area contributed by atoms with Crippen LogP contribution in [0.15, 0.2) is 144 Å². The highest BCUT2D eigenvalue weighted by Gasteiger charge is 2.43. The number of hydrogen-bond donors (Lipinski definition) is 0. The van der Waals surface area contributed by atoms with E-state index >= 15 is 0 Å². The molecule has 4 heteroatoms. The van der Waals surface area contributed by atoms with E-state index in [9.17, 15) is 0 Å². The Kier molecular flexibility index (Phi) is 7.76. The Morgan fingerprint density at radius 1 is 0.444 bits per heavy atom. The number of benzene rings is 7. The molecule has 1 aromatic heterocycles. The monoisotopic (exact) mass is 698 g/mol. The first-order chi connectivity index (χ1) is 26.6. The molecule has 0 atom stereocenters. The molecule has 0 saturated heterocycles. The third kappa shape index (κ3) is 4.96. The zero-order valence-electron chi connectivity index (χ0n) is 31.5. The summed E-state index contributed by atoms with van der Waals surface area (Å²) in [7, 11) is 0. The van der Waals surface area contributed by atoms with E-state index in [2.05, 4.69) is 171 Å². The first kappa shape index (κ1) is 32.6. The van der Waals surface area contributed by atoms with E-state index in [-0.39, 0.29) is 6.71 Å². The van der Waals surface area contributed by atoms with E-state index in [1.807, 2.05) is 6.07 Å². The van der Waals surface area contributed by atoms with Gasteiger partial charge in [-0.2, -0.15) is 0 Å². The second kappa shape index (κ2) is 12.8. The predicted molar refractivity (Wildman–Crippen MR) is 231 cm³/mol. The largest absolute Gasteiger partial charge is 0.456 e. The van der Waals surface area contributed by atoms with Gasteiger partial charge in [0.05, 0.1) is 5.69 Å². The van der Waals surface area contributed by atoms with Crippen LogP contribution in [0.1, 0.15) is 49.9 Å². The summed E-state index contributed by atoms with van der Waals surface area (Å²) in [5.41, 5.74) is 21.1. The van der Waals surface area contributed by atoms with E-state index in [1.165, 1.54) is 83.9 Å². The molecule has 10 rings (SSSR count). The lowest BCUT2D eigenvalue weighted by Gasteiger charge is -2.44. The third-order valence-corrected chi connectivity index (χ3v) is 11.9. The van der Waals surface area contributed by atoms with Crippen LogP contribution in [0.4, 0.5) is 34.1 Å². The molecule has 8 aromatic rings.